The fourth-order valence-corrected chi connectivity index (χ4v) is 4.62. The van der Waals surface area contributed by atoms with Gasteiger partial charge >= 0.3 is 0 Å². The Morgan fingerprint density at radius 2 is 1.45 bits per heavy atom. The van der Waals surface area contributed by atoms with E-state index < -0.39 is 11.6 Å². The van der Waals surface area contributed by atoms with Gasteiger partial charge in [-0.1, -0.05) is 71.1 Å². The Balaban J connectivity index is 4.46. The van der Waals surface area contributed by atoms with Crippen molar-refractivity contribution in [3.63, 3.8) is 0 Å². The lowest BCUT2D eigenvalue weighted by Crippen LogP contribution is -2.66. The van der Waals surface area contributed by atoms with Gasteiger partial charge in [-0.25, -0.2) is 0 Å². The van der Waals surface area contributed by atoms with Crippen molar-refractivity contribution in [2.45, 2.75) is 115 Å². The molecule has 0 aliphatic rings. The van der Waals surface area contributed by atoms with Crippen molar-refractivity contribution in [2.75, 3.05) is 33.8 Å². The van der Waals surface area contributed by atoms with E-state index in [2.05, 4.69) is 6.92 Å². The fraction of sp³-hybridized carbons (Fsp3) is 0.958. The third kappa shape index (κ3) is 10.9. The number of Topliss-reactive ketones (excluding diaryl/α,β-unsaturated/α-hetero) is 1. The van der Waals surface area contributed by atoms with Gasteiger partial charge in [-0.05, 0) is 19.9 Å². The predicted molar refractivity (Wildman–Crippen MR) is 123 cm³/mol. The van der Waals surface area contributed by atoms with Gasteiger partial charge in [0.2, 0.25) is 0 Å². The third-order valence-corrected chi connectivity index (χ3v) is 6.54. The second-order valence-electron chi connectivity index (χ2n) is 9.46. The predicted octanol–water partition coefficient (Wildman–Crippen LogP) is 4.18. The molecule has 0 aliphatic carbocycles. The summed E-state index contributed by atoms with van der Waals surface area (Å²) in [5.74, 6) is 0.193. The van der Waals surface area contributed by atoms with Gasteiger partial charge in [0.15, 0.2) is 11.3 Å². The third-order valence-electron chi connectivity index (χ3n) is 6.54. The van der Waals surface area contributed by atoms with Crippen molar-refractivity contribution in [1.82, 2.24) is 0 Å². The maximum atomic E-state index is 13.3. The van der Waals surface area contributed by atoms with Crippen LogP contribution in [0.3, 0.4) is 0 Å². The molecule has 0 radical (unpaired) electrons. The molecule has 2 unspecified atom stereocenters. The van der Waals surface area contributed by atoms with E-state index in [-0.39, 0.29) is 12.4 Å². The second-order valence-corrected chi connectivity index (χ2v) is 9.46. The van der Waals surface area contributed by atoms with Crippen LogP contribution in [-0.2, 0) is 4.79 Å². The number of hydrogen-bond donors (Lipinski definition) is 3. The quantitative estimate of drug-likeness (QED) is 0.206. The summed E-state index contributed by atoms with van der Waals surface area (Å²) >= 11 is 0. The summed E-state index contributed by atoms with van der Waals surface area (Å²) < 4.78 is 0.377. The van der Waals surface area contributed by atoms with E-state index in [1.807, 2.05) is 14.1 Å². The zero-order chi connectivity index (χ0) is 22.2. The van der Waals surface area contributed by atoms with E-state index >= 15 is 0 Å². The lowest BCUT2D eigenvalue weighted by molar-refractivity contribution is -0.932. The first-order chi connectivity index (χ1) is 13.8. The highest BCUT2D eigenvalue weighted by atomic mass is 16.3. The number of rotatable bonds is 20. The zero-order valence-corrected chi connectivity index (χ0v) is 19.9. The molecule has 0 heterocycles. The van der Waals surface area contributed by atoms with E-state index in [4.69, 9.17) is 5.73 Å². The maximum absolute atomic E-state index is 13.3. The fourth-order valence-electron chi connectivity index (χ4n) is 4.62. The first kappa shape index (κ1) is 28.5. The van der Waals surface area contributed by atoms with Crippen LogP contribution in [0.5, 0.6) is 0 Å². The van der Waals surface area contributed by atoms with Crippen molar-refractivity contribution < 1.29 is 19.5 Å². The molecule has 0 fully saturated rings. The van der Waals surface area contributed by atoms with Crippen LogP contribution in [-0.4, -0.2) is 65.9 Å². The molecule has 0 saturated carbocycles. The molecule has 0 saturated heterocycles. The first-order valence-electron chi connectivity index (χ1n) is 12.1. The normalized spacial score (nSPS) is 15.3. The Labute approximate surface area is 180 Å². The van der Waals surface area contributed by atoms with Gasteiger partial charge in [0.25, 0.3) is 0 Å². The number of aliphatic hydroxyl groups excluding tert-OH is 2. The summed E-state index contributed by atoms with van der Waals surface area (Å²) in [6, 6.07) is 0. The average molecular weight is 416 g/mol. The van der Waals surface area contributed by atoms with Gasteiger partial charge in [0.1, 0.15) is 6.54 Å². The Morgan fingerprint density at radius 1 is 0.966 bits per heavy atom. The summed E-state index contributed by atoms with van der Waals surface area (Å²) in [6.07, 6.45) is 14.8. The van der Waals surface area contributed by atoms with Crippen molar-refractivity contribution in [3.8, 4) is 0 Å². The molecule has 0 aliphatic heterocycles. The first-order valence-corrected chi connectivity index (χ1v) is 12.1. The van der Waals surface area contributed by atoms with E-state index in [1.54, 1.807) is 6.92 Å². The largest absolute Gasteiger partial charge is 0.393 e. The minimum absolute atomic E-state index is 0.0187. The molecule has 5 heteroatoms. The van der Waals surface area contributed by atoms with Crippen molar-refractivity contribution in [1.29, 1.82) is 0 Å². The van der Waals surface area contributed by atoms with Gasteiger partial charge in [-0.3, -0.25) is 4.79 Å². The van der Waals surface area contributed by atoms with Crippen LogP contribution in [0, 0.1) is 0 Å². The number of hydrogen-bond acceptors (Lipinski definition) is 4. The average Bonchev–Trinajstić information content (AvgIpc) is 2.65. The second kappa shape index (κ2) is 16.2. The highest BCUT2D eigenvalue weighted by Gasteiger charge is 2.50. The van der Waals surface area contributed by atoms with E-state index in [0.717, 1.165) is 12.8 Å². The number of quaternary nitrogens is 1. The van der Waals surface area contributed by atoms with Crippen LogP contribution in [0.2, 0.25) is 0 Å². The molecular formula is C24H51N2O3+. The van der Waals surface area contributed by atoms with Gasteiger partial charge in [0, 0.05) is 19.3 Å². The summed E-state index contributed by atoms with van der Waals surface area (Å²) in [7, 11) is 3.96. The van der Waals surface area contributed by atoms with Crippen molar-refractivity contribution in [3.05, 3.63) is 0 Å². The van der Waals surface area contributed by atoms with Crippen LogP contribution >= 0.6 is 0 Å². The van der Waals surface area contributed by atoms with Crippen molar-refractivity contribution >= 4 is 5.78 Å². The molecule has 0 aromatic carbocycles. The molecule has 0 rings (SSSR count). The summed E-state index contributed by atoms with van der Waals surface area (Å²) in [6.45, 7) is 4.90. The number of unbranched alkanes of at least 4 members (excludes halogenated alkanes) is 10. The number of carbonyl (C=O) groups is 1. The van der Waals surface area contributed by atoms with Gasteiger partial charge in [0.05, 0.1) is 26.8 Å². The van der Waals surface area contributed by atoms with Gasteiger partial charge in [-0.2, -0.15) is 0 Å². The number of likely N-dealkylation sites (N-methyl/N-ethyl adjacent to an activating group) is 1. The molecular weight excluding hydrogens is 364 g/mol. The molecule has 4 N–H and O–H groups in total. The maximum Gasteiger partial charge on any atom is 0.193 e. The Hall–Kier alpha value is -0.490. The van der Waals surface area contributed by atoms with Crippen LogP contribution in [0.25, 0.3) is 0 Å². The van der Waals surface area contributed by atoms with Crippen LogP contribution < -0.4 is 5.73 Å². The monoisotopic (exact) mass is 415 g/mol. The summed E-state index contributed by atoms with van der Waals surface area (Å²) in [4.78, 5) is 13.3. The summed E-state index contributed by atoms with van der Waals surface area (Å²) in [5.41, 5.74) is 5.16. The van der Waals surface area contributed by atoms with Crippen LogP contribution in [0.15, 0.2) is 0 Å². The van der Waals surface area contributed by atoms with Gasteiger partial charge in [-0.15, -0.1) is 0 Å². The molecule has 5 nitrogen and oxygen atoms in total. The highest BCUT2D eigenvalue weighted by molar-refractivity contribution is 5.87. The molecule has 0 bridgehead atoms. The topological polar surface area (TPSA) is 83.6 Å². The Kier molecular flexibility index (Phi) is 16.0. The van der Waals surface area contributed by atoms with E-state index in [0.29, 0.717) is 36.8 Å². The molecule has 0 aromatic heterocycles. The van der Waals surface area contributed by atoms with Crippen molar-refractivity contribution in [2.24, 2.45) is 5.73 Å². The standard InChI is InChI=1S/C24H51N2O3/c1-5-6-7-8-9-10-11-12-13-14-15-16-23(29)24(17-18-25,21-22(2)28)26(3,4)19-20-27/h22,27-28H,5-21,25H2,1-4H3/q+1. The minimum atomic E-state index is -0.718. The van der Waals surface area contributed by atoms with E-state index in [9.17, 15) is 15.0 Å². The molecule has 2 atom stereocenters. The zero-order valence-electron chi connectivity index (χ0n) is 19.9. The van der Waals surface area contributed by atoms with Crippen LogP contribution in [0.1, 0.15) is 104 Å². The molecule has 0 amide bonds. The SMILES string of the molecule is CCCCCCCCCCCCCC(=O)C(CCN)(CC(C)O)[N+](C)(C)CCO. The Morgan fingerprint density at radius 3 is 1.86 bits per heavy atom. The minimum Gasteiger partial charge on any atom is -0.393 e. The number of ketones is 1. The molecule has 0 aromatic rings. The number of aliphatic hydroxyl groups is 2. The number of nitrogens with zero attached hydrogens (tertiary/aromatic N) is 1. The van der Waals surface area contributed by atoms with E-state index in [1.165, 1.54) is 57.8 Å². The summed E-state index contributed by atoms with van der Waals surface area (Å²) in [5, 5.41) is 19.6. The lowest BCUT2D eigenvalue weighted by atomic mass is 9.79. The Bertz CT molecular complexity index is 413. The smallest absolute Gasteiger partial charge is 0.193 e. The highest BCUT2D eigenvalue weighted by Crippen LogP contribution is 2.33. The number of nitrogens with two attached hydrogens (primary N) is 1. The lowest BCUT2D eigenvalue weighted by Gasteiger charge is -2.48. The molecule has 174 valence electrons. The van der Waals surface area contributed by atoms with Crippen LogP contribution in [0.4, 0.5) is 0 Å². The van der Waals surface area contributed by atoms with Gasteiger partial charge < -0.3 is 20.4 Å². The molecule has 29 heavy (non-hydrogen) atoms. The molecule has 0 spiro atoms. The number of carbonyl (C=O) groups excluding carboxylic acids is 1.